The molecule has 7 heteroatoms. The third-order valence-electron chi connectivity index (χ3n) is 5.20. The third-order valence-corrected chi connectivity index (χ3v) is 5.63. The molecule has 0 saturated carbocycles. The van der Waals surface area contributed by atoms with Crippen molar-refractivity contribution in [2.45, 2.75) is 72.6 Å². The fourth-order valence-corrected chi connectivity index (χ4v) is 4.22. The first-order valence-electron chi connectivity index (χ1n) is 10.3. The Balaban J connectivity index is 2.20. The van der Waals surface area contributed by atoms with Gasteiger partial charge in [-0.2, -0.15) is 8.84 Å². The maximum Gasteiger partial charge on any atom is 0.123 e. The lowest BCUT2D eigenvalue weighted by Gasteiger charge is -2.38. The number of hydrazine groups is 1. The SMILES string of the molecule is CC(C)(CNN1CN(Cl)CN(Cl)C1)Cc1cc(C(C)(C)C)c(O)c(C(C)(C)C)c1. The molecule has 1 aromatic carbocycles. The average Bonchev–Trinajstić information content (AvgIpc) is 2.51. The number of nitrogens with one attached hydrogen (secondary N) is 1. The van der Waals surface area contributed by atoms with Crippen molar-refractivity contribution in [3.05, 3.63) is 28.8 Å². The van der Waals surface area contributed by atoms with Crippen LogP contribution in [-0.2, 0) is 17.3 Å². The number of phenols is 1. The largest absolute Gasteiger partial charge is 0.507 e. The fourth-order valence-electron chi connectivity index (χ4n) is 3.65. The summed E-state index contributed by atoms with van der Waals surface area (Å²) >= 11 is 12.2. The second-order valence-corrected chi connectivity index (χ2v) is 12.1. The lowest BCUT2D eigenvalue weighted by atomic mass is 9.76. The van der Waals surface area contributed by atoms with E-state index < -0.39 is 0 Å². The van der Waals surface area contributed by atoms with E-state index in [4.69, 9.17) is 23.6 Å². The van der Waals surface area contributed by atoms with E-state index in [2.05, 4.69) is 72.9 Å². The smallest absolute Gasteiger partial charge is 0.123 e. The monoisotopic (exact) mass is 444 g/mol. The fraction of sp³-hybridized carbons (Fsp3) is 0.727. The third kappa shape index (κ3) is 6.98. The van der Waals surface area contributed by atoms with Gasteiger partial charge < -0.3 is 5.11 Å². The molecule has 1 aliphatic rings. The van der Waals surface area contributed by atoms with Gasteiger partial charge in [0.1, 0.15) is 5.75 Å². The van der Waals surface area contributed by atoms with E-state index in [-0.39, 0.29) is 16.2 Å². The maximum atomic E-state index is 11.0. The highest BCUT2D eigenvalue weighted by molar-refractivity contribution is 6.15. The van der Waals surface area contributed by atoms with Crippen LogP contribution >= 0.6 is 23.6 Å². The zero-order valence-corrected chi connectivity index (χ0v) is 20.7. The maximum absolute atomic E-state index is 11.0. The summed E-state index contributed by atoms with van der Waals surface area (Å²) in [6, 6.07) is 4.35. The summed E-state index contributed by atoms with van der Waals surface area (Å²) in [4.78, 5) is 0. The molecule has 0 bridgehead atoms. The van der Waals surface area contributed by atoms with Crippen molar-refractivity contribution in [3.8, 4) is 5.75 Å². The zero-order chi connectivity index (χ0) is 22.2. The summed E-state index contributed by atoms with van der Waals surface area (Å²) in [5.74, 6) is 0.433. The van der Waals surface area contributed by atoms with Crippen LogP contribution in [0.15, 0.2) is 12.1 Å². The molecule has 0 radical (unpaired) electrons. The number of phenolic OH excluding ortho intramolecular Hbond substituents is 1. The quantitative estimate of drug-likeness (QED) is 0.613. The molecule has 0 spiro atoms. The number of nitrogens with zero attached hydrogens (tertiary/aromatic N) is 3. The summed E-state index contributed by atoms with van der Waals surface area (Å²) in [5.41, 5.74) is 6.51. The number of benzene rings is 1. The normalized spacial score (nSPS) is 18.4. The van der Waals surface area contributed by atoms with Gasteiger partial charge in [-0.15, -0.1) is 0 Å². The molecule has 1 fully saturated rings. The Morgan fingerprint density at radius 3 is 1.72 bits per heavy atom. The summed E-state index contributed by atoms with van der Waals surface area (Å²) < 4.78 is 3.28. The van der Waals surface area contributed by atoms with E-state index in [1.165, 1.54) is 5.56 Å². The molecule has 2 N–H and O–H groups in total. The second-order valence-electron chi connectivity index (χ2n) is 11.1. The summed E-state index contributed by atoms with van der Waals surface area (Å²) in [6.07, 6.45) is 0.898. The second kappa shape index (κ2) is 8.89. The number of aromatic hydroxyl groups is 1. The molecular weight excluding hydrogens is 407 g/mol. The average molecular weight is 445 g/mol. The predicted octanol–water partition coefficient (Wildman–Crippen LogP) is 5.16. The van der Waals surface area contributed by atoms with Gasteiger partial charge in [0, 0.05) is 6.54 Å². The van der Waals surface area contributed by atoms with Gasteiger partial charge in [0.25, 0.3) is 0 Å². The van der Waals surface area contributed by atoms with Crippen LogP contribution in [0.4, 0.5) is 0 Å². The van der Waals surface area contributed by atoms with E-state index in [0.29, 0.717) is 25.8 Å². The first-order chi connectivity index (χ1) is 13.1. The molecule has 1 saturated heterocycles. The molecule has 0 atom stereocenters. The number of hydrogen-bond acceptors (Lipinski definition) is 5. The Morgan fingerprint density at radius 1 is 0.862 bits per heavy atom. The van der Waals surface area contributed by atoms with Crippen molar-refractivity contribution in [1.29, 1.82) is 0 Å². The van der Waals surface area contributed by atoms with E-state index in [1.807, 2.05) is 5.01 Å². The molecule has 1 aromatic rings. The Hall–Kier alpha value is -0.560. The molecule has 0 aromatic heterocycles. The Bertz CT molecular complexity index is 665. The van der Waals surface area contributed by atoms with E-state index >= 15 is 0 Å². The van der Waals surface area contributed by atoms with Gasteiger partial charge in [0.15, 0.2) is 0 Å². The molecule has 2 rings (SSSR count). The van der Waals surface area contributed by atoms with E-state index in [9.17, 15) is 5.11 Å². The van der Waals surface area contributed by atoms with Crippen LogP contribution in [0.2, 0.25) is 0 Å². The molecule has 1 heterocycles. The topological polar surface area (TPSA) is 42.0 Å². The van der Waals surface area contributed by atoms with Gasteiger partial charge in [0.05, 0.1) is 20.0 Å². The number of rotatable bonds is 5. The molecule has 0 unspecified atom stereocenters. The van der Waals surface area contributed by atoms with Gasteiger partial charge >= 0.3 is 0 Å². The van der Waals surface area contributed by atoms with Crippen LogP contribution in [0.25, 0.3) is 0 Å². The standard InChI is InChI=1S/C22H38Cl2N4O/c1-20(2,3)17-9-16(10-18(19(17)29)21(4,5)6)11-22(7,8)12-25-28-14-26(23)13-27(24)15-28/h9-10,25,29H,11-15H2,1-8H3. The molecule has 0 amide bonds. The van der Waals surface area contributed by atoms with Crippen molar-refractivity contribution in [3.63, 3.8) is 0 Å². The van der Waals surface area contributed by atoms with Crippen molar-refractivity contribution in [2.75, 3.05) is 26.6 Å². The van der Waals surface area contributed by atoms with Crippen LogP contribution in [0, 0.1) is 5.41 Å². The highest BCUT2D eigenvalue weighted by Gasteiger charge is 2.29. The molecule has 29 heavy (non-hydrogen) atoms. The number of halogens is 2. The molecule has 5 nitrogen and oxygen atoms in total. The van der Waals surface area contributed by atoms with Crippen LogP contribution in [0.1, 0.15) is 72.1 Å². The molecule has 0 aliphatic carbocycles. The summed E-state index contributed by atoms with van der Waals surface area (Å²) in [7, 11) is 0. The lowest BCUT2D eigenvalue weighted by molar-refractivity contribution is 0.0157. The van der Waals surface area contributed by atoms with E-state index in [1.54, 1.807) is 8.84 Å². The first-order valence-corrected chi connectivity index (χ1v) is 10.9. The number of hydrogen-bond donors (Lipinski definition) is 2. The van der Waals surface area contributed by atoms with Crippen molar-refractivity contribution in [2.24, 2.45) is 5.41 Å². The van der Waals surface area contributed by atoms with Crippen LogP contribution in [0.5, 0.6) is 5.75 Å². The van der Waals surface area contributed by atoms with Gasteiger partial charge in [-0.05, 0) is 62.9 Å². The Kier molecular flexibility index (Phi) is 7.58. The molecular formula is C22H38Cl2N4O. The minimum absolute atomic E-state index is 0.00696. The van der Waals surface area contributed by atoms with Gasteiger partial charge in [-0.3, -0.25) is 5.43 Å². The summed E-state index contributed by atoms with van der Waals surface area (Å²) in [5, 5.41) is 13.0. The Labute approximate surface area is 187 Å². The van der Waals surface area contributed by atoms with Gasteiger partial charge in [-0.1, -0.05) is 67.5 Å². The molecule has 1 aliphatic heterocycles. The van der Waals surface area contributed by atoms with E-state index in [0.717, 1.165) is 24.1 Å². The Morgan fingerprint density at radius 2 is 1.31 bits per heavy atom. The van der Waals surface area contributed by atoms with Crippen LogP contribution in [0.3, 0.4) is 0 Å². The van der Waals surface area contributed by atoms with Crippen LogP contribution in [-0.4, -0.2) is 45.5 Å². The highest BCUT2D eigenvalue weighted by Crippen LogP contribution is 2.40. The predicted molar refractivity (Wildman–Crippen MR) is 123 cm³/mol. The van der Waals surface area contributed by atoms with Gasteiger partial charge in [0.2, 0.25) is 0 Å². The van der Waals surface area contributed by atoms with Crippen molar-refractivity contribution < 1.29 is 5.11 Å². The van der Waals surface area contributed by atoms with Crippen molar-refractivity contribution >= 4 is 23.6 Å². The van der Waals surface area contributed by atoms with Crippen molar-refractivity contribution in [1.82, 2.24) is 19.3 Å². The van der Waals surface area contributed by atoms with Gasteiger partial charge in [-0.25, -0.2) is 5.01 Å². The zero-order valence-electron chi connectivity index (χ0n) is 19.2. The minimum Gasteiger partial charge on any atom is -0.507 e. The minimum atomic E-state index is -0.121. The summed E-state index contributed by atoms with van der Waals surface area (Å²) in [6.45, 7) is 20.0. The first kappa shape index (κ1) is 24.7. The molecule has 166 valence electrons. The lowest BCUT2D eigenvalue weighted by Crippen LogP contribution is -2.55. The highest BCUT2D eigenvalue weighted by atomic mass is 35.5. The van der Waals surface area contributed by atoms with Crippen LogP contribution < -0.4 is 5.43 Å².